The summed E-state index contributed by atoms with van der Waals surface area (Å²) < 4.78 is 58.0. The van der Waals surface area contributed by atoms with Gasteiger partial charge in [-0.3, -0.25) is 4.79 Å². The molecule has 2 fully saturated rings. The summed E-state index contributed by atoms with van der Waals surface area (Å²) in [5, 5.41) is 10.6. The highest BCUT2D eigenvalue weighted by atomic mass is 19.4. The standard InChI is InChI=1S/C31H39F3N2O6/c1-17(2)18-9-7-10-19(13-18)24-26(42-16-20-14-21(31(32,33)34)15-35-27(20)40-6)23(30(3,4)5)25(29(38)39)36(24)28(37)22-11-8-12-41-22/h7,9-10,13-15,17,22-26H,8,11-12,16H2,1-6H3,(H,38,39)/t22-,23+,24-,25-,26-/m0/s1. The molecule has 2 aromatic rings. The van der Waals surface area contributed by atoms with Gasteiger partial charge in [-0.25, -0.2) is 9.78 Å². The van der Waals surface area contributed by atoms with Crippen LogP contribution in [-0.2, 0) is 31.8 Å². The lowest BCUT2D eigenvalue weighted by Crippen LogP contribution is -2.50. The minimum atomic E-state index is -4.63. The van der Waals surface area contributed by atoms with Crippen LogP contribution in [0.3, 0.4) is 0 Å². The third kappa shape index (κ3) is 6.41. The summed E-state index contributed by atoms with van der Waals surface area (Å²) in [6, 6.07) is 6.41. The Kier molecular flexibility index (Phi) is 9.22. The van der Waals surface area contributed by atoms with E-state index in [1.54, 1.807) is 0 Å². The van der Waals surface area contributed by atoms with Crippen LogP contribution in [-0.4, -0.2) is 58.8 Å². The lowest BCUT2D eigenvalue weighted by atomic mass is 9.73. The van der Waals surface area contributed by atoms with Gasteiger partial charge in [-0.2, -0.15) is 13.2 Å². The molecule has 5 atom stereocenters. The van der Waals surface area contributed by atoms with Crippen LogP contribution in [0.1, 0.15) is 81.7 Å². The molecule has 2 aliphatic heterocycles. The number of likely N-dealkylation sites (tertiary alicyclic amines) is 1. The van der Waals surface area contributed by atoms with E-state index in [1.807, 2.05) is 58.9 Å². The maximum Gasteiger partial charge on any atom is 0.417 e. The van der Waals surface area contributed by atoms with E-state index in [0.717, 1.165) is 11.6 Å². The summed E-state index contributed by atoms with van der Waals surface area (Å²) in [6.45, 7) is 9.74. The van der Waals surface area contributed by atoms with Crippen LogP contribution in [0.5, 0.6) is 5.88 Å². The zero-order valence-corrected chi connectivity index (χ0v) is 24.8. The number of hydrogen-bond donors (Lipinski definition) is 1. The van der Waals surface area contributed by atoms with E-state index in [9.17, 15) is 27.9 Å². The fourth-order valence-corrected chi connectivity index (χ4v) is 6.11. The number of nitrogens with zero attached hydrogens (tertiary/aromatic N) is 2. The second kappa shape index (κ2) is 12.2. The Morgan fingerprint density at radius 3 is 2.45 bits per heavy atom. The first kappa shape index (κ1) is 31.7. The minimum absolute atomic E-state index is 0.0336. The van der Waals surface area contributed by atoms with Crippen molar-refractivity contribution in [2.45, 2.75) is 90.5 Å². The van der Waals surface area contributed by atoms with Crippen LogP contribution in [0.25, 0.3) is 0 Å². The number of pyridine rings is 1. The van der Waals surface area contributed by atoms with Gasteiger partial charge in [0, 0.05) is 24.3 Å². The van der Waals surface area contributed by atoms with Crippen molar-refractivity contribution >= 4 is 11.9 Å². The number of carboxylic acid groups (broad SMARTS) is 1. The molecule has 42 heavy (non-hydrogen) atoms. The predicted octanol–water partition coefficient (Wildman–Crippen LogP) is 6.00. The Morgan fingerprint density at radius 1 is 1.19 bits per heavy atom. The predicted molar refractivity (Wildman–Crippen MR) is 148 cm³/mol. The van der Waals surface area contributed by atoms with Gasteiger partial charge < -0.3 is 24.2 Å². The molecule has 0 unspecified atom stereocenters. The van der Waals surface area contributed by atoms with Gasteiger partial charge in [0.1, 0.15) is 12.1 Å². The van der Waals surface area contributed by atoms with Crippen molar-refractivity contribution in [2.24, 2.45) is 11.3 Å². The van der Waals surface area contributed by atoms with E-state index in [2.05, 4.69) is 4.98 Å². The molecule has 1 aromatic carbocycles. The molecule has 1 N–H and O–H groups in total. The third-order valence-corrected chi connectivity index (χ3v) is 8.11. The summed E-state index contributed by atoms with van der Waals surface area (Å²) in [6.07, 6.45) is -4.46. The molecular formula is C31H39F3N2O6. The third-order valence-electron chi connectivity index (χ3n) is 8.11. The molecule has 2 aliphatic rings. The molecule has 8 nitrogen and oxygen atoms in total. The Labute approximate surface area is 244 Å². The number of hydrogen-bond acceptors (Lipinski definition) is 6. The van der Waals surface area contributed by atoms with Crippen molar-refractivity contribution in [1.82, 2.24) is 9.88 Å². The number of carbonyl (C=O) groups is 2. The Bertz CT molecular complexity index is 1290. The van der Waals surface area contributed by atoms with Crippen molar-refractivity contribution in [2.75, 3.05) is 13.7 Å². The van der Waals surface area contributed by atoms with Crippen LogP contribution in [0.4, 0.5) is 13.2 Å². The molecule has 2 saturated heterocycles. The highest BCUT2D eigenvalue weighted by molar-refractivity contribution is 5.88. The number of rotatable bonds is 8. The Morgan fingerprint density at radius 2 is 1.90 bits per heavy atom. The molecule has 0 spiro atoms. The second-order valence-corrected chi connectivity index (χ2v) is 12.4. The summed E-state index contributed by atoms with van der Waals surface area (Å²) in [5.41, 5.74) is 0.102. The summed E-state index contributed by atoms with van der Waals surface area (Å²) in [4.78, 5) is 32.2. The highest BCUT2D eigenvalue weighted by Crippen LogP contribution is 2.50. The molecule has 230 valence electrons. The van der Waals surface area contributed by atoms with Crippen molar-refractivity contribution in [3.63, 3.8) is 0 Å². The van der Waals surface area contributed by atoms with Crippen molar-refractivity contribution in [1.29, 1.82) is 0 Å². The zero-order chi connectivity index (χ0) is 31.0. The first-order chi connectivity index (χ1) is 19.6. The molecule has 11 heteroatoms. The minimum Gasteiger partial charge on any atom is -0.481 e. The van der Waals surface area contributed by atoms with E-state index in [-0.39, 0.29) is 24.0 Å². The average Bonchev–Trinajstić information content (AvgIpc) is 3.57. The molecule has 0 radical (unpaired) electrons. The number of ether oxygens (including phenoxy) is 3. The molecule has 1 amide bonds. The number of aliphatic carboxylic acids is 1. The van der Waals surface area contributed by atoms with Gasteiger partial charge in [-0.05, 0) is 41.4 Å². The summed E-state index contributed by atoms with van der Waals surface area (Å²) in [7, 11) is 1.30. The van der Waals surface area contributed by atoms with Gasteiger partial charge in [0.25, 0.3) is 5.91 Å². The number of halogens is 3. The Balaban J connectivity index is 1.86. The second-order valence-electron chi connectivity index (χ2n) is 12.4. The van der Waals surface area contributed by atoms with Crippen LogP contribution in [0.15, 0.2) is 36.5 Å². The molecular weight excluding hydrogens is 553 g/mol. The largest absolute Gasteiger partial charge is 0.481 e. The fraction of sp³-hybridized carbons (Fsp3) is 0.581. The summed E-state index contributed by atoms with van der Waals surface area (Å²) >= 11 is 0. The van der Waals surface area contributed by atoms with Crippen LogP contribution in [0.2, 0.25) is 0 Å². The molecule has 0 aliphatic carbocycles. The molecule has 3 heterocycles. The number of carboxylic acids is 1. The molecule has 0 saturated carbocycles. The maximum atomic E-state index is 14.0. The fourth-order valence-electron chi connectivity index (χ4n) is 6.11. The van der Waals surface area contributed by atoms with E-state index in [4.69, 9.17) is 14.2 Å². The normalized spacial score (nSPS) is 24.8. The van der Waals surface area contributed by atoms with E-state index in [1.165, 1.54) is 12.0 Å². The smallest absolute Gasteiger partial charge is 0.417 e. The van der Waals surface area contributed by atoms with Gasteiger partial charge in [0.2, 0.25) is 5.88 Å². The topological polar surface area (TPSA) is 98.2 Å². The first-order valence-corrected chi connectivity index (χ1v) is 14.1. The molecule has 0 bridgehead atoms. The number of aromatic nitrogens is 1. The number of benzene rings is 1. The lowest BCUT2D eigenvalue weighted by molar-refractivity contribution is -0.156. The first-order valence-electron chi connectivity index (χ1n) is 14.1. The zero-order valence-electron chi connectivity index (χ0n) is 24.8. The average molecular weight is 593 g/mol. The maximum absolute atomic E-state index is 14.0. The van der Waals surface area contributed by atoms with Gasteiger partial charge in [-0.15, -0.1) is 0 Å². The highest BCUT2D eigenvalue weighted by Gasteiger charge is 2.59. The lowest BCUT2D eigenvalue weighted by Gasteiger charge is -2.35. The van der Waals surface area contributed by atoms with Gasteiger partial charge in [0.05, 0.1) is 31.4 Å². The Hall–Kier alpha value is -3.18. The van der Waals surface area contributed by atoms with E-state index >= 15 is 0 Å². The quantitative estimate of drug-likeness (QED) is 0.402. The molecule has 4 rings (SSSR count). The van der Waals surface area contributed by atoms with Crippen LogP contribution >= 0.6 is 0 Å². The SMILES string of the molecule is COc1ncc(C(F)(F)F)cc1CO[C@H]1[C@H](C(C)(C)C)[C@@H](C(=O)O)N(C(=O)[C@@H]2CCCO2)[C@H]1c1cccc(C(C)C)c1. The van der Waals surface area contributed by atoms with Crippen LogP contribution < -0.4 is 4.74 Å². The van der Waals surface area contributed by atoms with E-state index < -0.39 is 59.2 Å². The summed E-state index contributed by atoms with van der Waals surface area (Å²) in [5.74, 6) is -2.22. The number of carbonyl (C=O) groups excluding carboxylic acids is 1. The number of amides is 1. The number of methoxy groups -OCH3 is 1. The van der Waals surface area contributed by atoms with Crippen molar-refractivity contribution in [3.8, 4) is 5.88 Å². The van der Waals surface area contributed by atoms with Gasteiger partial charge in [0.15, 0.2) is 0 Å². The van der Waals surface area contributed by atoms with Crippen LogP contribution in [0, 0.1) is 11.3 Å². The van der Waals surface area contributed by atoms with Gasteiger partial charge in [-0.1, -0.05) is 58.9 Å². The van der Waals surface area contributed by atoms with Gasteiger partial charge >= 0.3 is 12.1 Å². The monoisotopic (exact) mass is 592 g/mol. The van der Waals surface area contributed by atoms with E-state index in [0.29, 0.717) is 31.2 Å². The molecule has 1 aromatic heterocycles. The van der Waals surface area contributed by atoms with Crippen molar-refractivity contribution < 1.29 is 42.1 Å². The van der Waals surface area contributed by atoms with Crippen molar-refractivity contribution in [3.05, 3.63) is 58.8 Å². The number of alkyl halides is 3.